The number of pyridine rings is 1. The lowest BCUT2D eigenvalue weighted by atomic mass is 9.95. The van der Waals surface area contributed by atoms with E-state index in [-0.39, 0.29) is 5.91 Å². The lowest BCUT2D eigenvalue weighted by molar-refractivity contribution is 0.0951. The molecule has 0 radical (unpaired) electrons. The van der Waals surface area contributed by atoms with Gasteiger partial charge in [0.2, 0.25) is 0 Å². The number of carbonyl (C=O) groups is 1. The fourth-order valence-electron chi connectivity index (χ4n) is 4.03. The van der Waals surface area contributed by atoms with Crippen LogP contribution >= 0.6 is 23.2 Å². The van der Waals surface area contributed by atoms with E-state index in [1.165, 1.54) is 19.3 Å². The number of fused-ring (bicyclic) bond motifs is 1. The van der Waals surface area contributed by atoms with Crippen molar-refractivity contribution in [3.63, 3.8) is 0 Å². The quantitative estimate of drug-likeness (QED) is 0.530. The topological polar surface area (TPSA) is 71.8 Å². The van der Waals surface area contributed by atoms with Gasteiger partial charge in [0.05, 0.1) is 22.8 Å². The molecule has 2 aromatic heterocycles. The molecule has 3 aromatic rings. The highest BCUT2D eigenvalue weighted by molar-refractivity contribution is 6.34. The van der Waals surface area contributed by atoms with Gasteiger partial charge in [-0.05, 0) is 43.5 Å². The number of rotatable bonds is 6. The van der Waals surface area contributed by atoms with Crippen molar-refractivity contribution in [1.82, 2.24) is 20.1 Å². The molecule has 1 aliphatic rings. The highest BCUT2D eigenvalue weighted by Gasteiger charge is 2.21. The average Bonchev–Trinajstić information content (AvgIpc) is 3.16. The Kier molecular flexibility index (Phi) is 6.44. The highest BCUT2D eigenvalue weighted by atomic mass is 35.5. The second kappa shape index (κ2) is 9.23. The van der Waals surface area contributed by atoms with Crippen LogP contribution in [0.15, 0.2) is 30.6 Å². The number of aryl methyl sites for hydroxylation is 1. The van der Waals surface area contributed by atoms with Crippen LogP contribution in [-0.2, 0) is 13.1 Å². The Hall–Kier alpha value is -2.31. The summed E-state index contributed by atoms with van der Waals surface area (Å²) < 4.78 is 1.84. The molecule has 0 bridgehead atoms. The molecule has 8 heteroatoms. The van der Waals surface area contributed by atoms with Crippen LogP contribution in [0.5, 0.6) is 0 Å². The first-order valence-corrected chi connectivity index (χ1v) is 11.1. The SMILES string of the molecule is CCn1ncc2c(NC3CCCCC3)c(C(=O)NCc3cc(Cl)cc(Cl)c3)cnc21. The molecule has 158 valence electrons. The van der Waals surface area contributed by atoms with Crippen LogP contribution in [-0.4, -0.2) is 26.7 Å². The second-order valence-electron chi connectivity index (χ2n) is 7.68. The number of nitrogens with one attached hydrogen (secondary N) is 2. The van der Waals surface area contributed by atoms with Crippen molar-refractivity contribution in [2.45, 2.75) is 58.2 Å². The van der Waals surface area contributed by atoms with Crippen LogP contribution in [0.1, 0.15) is 54.9 Å². The number of carbonyl (C=O) groups excluding carboxylic acids is 1. The number of hydrogen-bond donors (Lipinski definition) is 2. The molecule has 1 aliphatic carbocycles. The molecule has 6 nitrogen and oxygen atoms in total. The molecule has 1 saturated carbocycles. The largest absolute Gasteiger partial charge is 0.381 e. The van der Waals surface area contributed by atoms with Gasteiger partial charge in [-0.1, -0.05) is 42.5 Å². The van der Waals surface area contributed by atoms with Crippen LogP contribution in [0.4, 0.5) is 5.69 Å². The molecule has 0 aliphatic heterocycles. The molecular formula is C22H25Cl2N5O. The number of hydrogen-bond acceptors (Lipinski definition) is 4. The summed E-state index contributed by atoms with van der Waals surface area (Å²) in [5.74, 6) is -0.192. The molecular weight excluding hydrogens is 421 g/mol. The van der Waals surface area contributed by atoms with Gasteiger partial charge in [-0.15, -0.1) is 0 Å². The van der Waals surface area contributed by atoms with Gasteiger partial charge in [0.15, 0.2) is 5.65 Å². The van der Waals surface area contributed by atoms with Crippen molar-refractivity contribution in [2.75, 3.05) is 5.32 Å². The van der Waals surface area contributed by atoms with Crippen molar-refractivity contribution in [1.29, 1.82) is 0 Å². The van der Waals surface area contributed by atoms with Gasteiger partial charge in [-0.25, -0.2) is 9.67 Å². The van der Waals surface area contributed by atoms with Crippen molar-refractivity contribution in [3.8, 4) is 0 Å². The Bertz CT molecular complexity index is 1040. The van der Waals surface area contributed by atoms with Gasteiger partial charge in [-0.3, -0.25) is 4.79 Å². The molecule has 0 atom stereocenters. The van der Waals surface area contributed by atoms with Crippen LogP contribution < -0.4 is 10.6 Å². The van der Waals surface area contributed by atoms with Crippen molar-refractivity contribution >= 4 is 45.8 Å². The maximum absolute atomic E-state index is 13.1. The molecule has 0 spiro atoms. The van der Waals surface area contributed by atoms with Crippen LogP contribution in [0.3, 0.4) is 0 Å². The third-order valence-corrected chi connectivity index (χ3v) is 5.98. The average molecular weight is 446 g/mol. The standard InChI is InChI=1S/C22H25Cl2N5O/c1-2-29-21-18(13-27-29)20(28-17-6-4-3-5-7-17)19(12-25-21)22(30)26-11-14-8-15(23)10-16(24)9-14/h8-10,12-13,17H,2-7,11H2,1H3,(H,25,28)(H,26,30). The molecule has 0 saturated heterocycles. The lowest BCUT2D eigenvalue weighted by Crippen LogP contribution is -2.27. The Morgan fingerprint density at radius 3 is 2.57 bits per heavy atom. The third-order valence-electron chi connectivity index (χ3n) is 5.54. The van der Waals surface area contributed by atoms with E-state index < -0.39 is 0 Å². The predicted octanol–water partition coefficient (Wildman–Crippen LogP) is 5.43. The second-order valence-corrected chi connectivity index (χ2v) is 8.56. The molecule has 4 rings (SSSR count). The Morgan fingerprint density at radius 2 is 1.87 bits per heavy atom. The first-order chi connectivity index (χ1) is 14.5. The minimum atomic E-state index is -0.192. The summed E-state index contributed by atoms with van der Waals surface area (Å²) in [5.41, 5.74) is 2.97. The van der Waals surface area contributed by atoms with Gasteiger partial charge in [0.25, 0.3) is 5.91 Å². The van der Waals surface area contributed by atoms with E-state index in [4.69, 9.17) is 23.2 Å². The van der Waals surface area contributed by atoms with E-state index in [1.807, 2.05) is 11.6 Å². The lowest BCUT2D eigenvalue weighted by Gasteiger charge is -2.25. The summed E-state index contributed by atoms with van der Waals surface area (Å²) in [7, 11) is 0. The molecule has 0 unspecified atom stereocenters. The minimum Gasteiger partial charge on any atom is -0.381 e. The smallest absolute Gasteiger partial charge is 0.255 e. The van der Waals surface area contributed by atoms with Crippen molar-refractivity contribution in [3.05, 3.63) is 51.8 Å². The summed E-state index contributed by atoms with van der Waals surface area (Å²) in [4.78, 5) is 17.6. The number of anilines is 1. The summed E-state index contributed by atoms with van der Waals surface area (Å²) in [6.45, 7) is 3.08. The molecule has 1 fully saturated rings. The normalized spacial score (nSPS) is 14.8. The highest BCUT2D eigenvalue weighted by Crippen LogP contribution is 2.30. The predicted molar refractivity (Wildman–Crippen MR) is 121 cm³/mol. The Morgan fingerprint density at radius 1 is 1.13 bits per heavy atom. The zero-order valence-electron chi connectivity index (χ0n) is 16.9. The van der Waals surface area contributed by atoms with Crippen LogP contribution in [0.25, 0.3) is 11.0 Å². The summed E-state index contributed by atoms with van der Waals surface area (Å²) in [6, 6.07) is 5.61. The van der Waals surface area contributed by atoms with Crippen molar-refractivity contribution < 1.29 is 4.79 Å². The zero-order valence-corrected chi connectivity index (χ0v) is 18.4. The maximum Gasteiger partial charge on any atom is 0.255 e. The van der Waals surface area contributed by atoms with Gasteiger partial charge < -0.3 is 10.6 Å². The van der Waals surface area contributed by atoms with E-state index in [1.54, 1.807) is 30.6 Å². The molecule has 2 heterocycles. The third kappa shape index (κ3) is 4.55. The zero-order chi connectivity index (χ0) is 21.1. The number of amides is 1. The van der Waals surface area contributed by atoms with Gasteiger partial charge in [0, 0.05) is 35.4 Å². The Balaban J connectivity index is 1.62. The van der Waals surface area contributed by atoms with E-state index in [9.17, 15) is 4.79 Å². The van der Waals surface area contributed by atoms with Gasteiger partial charge in [-0.2, -0.15) is 5.10 Å². The molecule has 2 N–H and O–H groups in total. The molecule has 30 heavy (non-hydrogen) atoms. The fourth-order valence-corrected chi connectivity index (χ4v) is 4.60. The number of benzene rings is 1. The maximum atomic E-state index is 13.1. The van der Waals surface area contributed by atoms with Crippen LogP contribution in [0, 0.1) is 0 Å². The minimum absolute atomic E-state index is 0.192. The monoisotopic (exact) mass is 445 g/mol. The summed E-state index contributed by atoms with van der Waals surface area (Å²) in [5, 5.41) is 13.0. The van der Waals surface area contributed by atoms with Gasteiger partial charge in [0.1, 0.15) is 0 Å². The van der Waals surface area contributed by atoms with Gasteiger partial charge >= 0.3 is 0 Å². The van der Waals surface area contributed by atoms with E-state index >= 15 is 0 Å². The summed E-state index contributed by atoms with van der Waals surface area (Å²) >= 11 is 12.1. The summed E-state index contributed by atoms with van der Waals surface area (Å²) in [6.07, 6.45) is 9.33. The number of aromatic nitrogens is 3. The van der Waals surface area contributed by atoms with E-state index in [2.05, 4.69) is 20.7 Å². The molecule has 1 amide bonds. The number of nitrogens with zero attached hydrogens (tertiary/aromatic N) is 3. The molecule has 1 aromatic carbocycles. The Labute approximate surface area is 186 Å². The van der Waals surface area contributed by atoms with Crippen molar-refractivity contribution in [2.24, 2.45) is 0 Å². The number of halogens is 2. The van der Waals surface area contributed by atoms with E-state index in [0.29, 0.717) is 28.2 Å². The van der Waals surface area contributed by atoms with E-state index in [0.717, 1.165) is 41.7 Å². The fraction of sp³-hybridized carbons (Fsp3) is 0.409. The first-order valence-electron chi connectivity index (χ1n) is 10.4. The van der Waals surface area contributed by atoms with Crippen LogP contribution in [0.2, 0.25) is 10.0 Å². The first kappa shape index (κ1) is 20.9.